The number of methoxy groups -OCH3 is 1. The van der Waals surface area contributed by atoms with Crippen molar-refractivity contribution in [3.63, 3.8) is 0 Å². The Bertz CT molecular complexity index is 556. The van der Waals surface area contributed by atoms with E-state index in [9.17, 15) is 0 Å². The Labute approximate surface area is 141 Å². The third-order valence-electron chi connectivity index (χ3n) is 2.82. The highest BCUT2D eigenvalue weighted by atomic mass is 127. The summed E-state index contributed by atoms with van der Waals surface area (Å²) >= 11 is 0. The predicted octanol–water partition coefficient (Wildman–Crippen LogP) is 1.90. The Morgan fingerprint density at radius 3 is 2.76 bits per heavy atom. The van der Waals surface area contributed by atoms with Crippen molar-refractivity contribution >= 4 is 29.9 Å². The second-order valence-corrected chi connectivity index (χ2v) is 4.21. The molecule has 6 nitrogen and oxygen atoms in total. The Morgan fingerprint density at radius 1 is 1.29 bits per heavy atom. The van der Waals surface area contributed by atoms with Gasteiger partial charge in [-0.1, -0.05) is 12.1 Å². The number of aromatic nitrogens is 2. The van der Waals surface area contributed by atoms with Crippen LogP contribution in [0.3, 0.4) is 0 Å². The average Bonchev–Trinajstić information content (AvgIpc) is 3.01. The number of guanidine groups is 1. The van der Waals surface area contributed by atoms with Crippen LogP contribution in [0.2, 0.25) is 0 Å². The molecule has 0 saturated carbocycles. The highest BCUT2D eigenvalue weighted by Crippen LogP contribution is 2.11. The lowest BCUT2D eigenvalue weighted by molar-refractivity contribution is 0.414. The third kappa shape index (κ3) is 5.62. The van der Waals surface area contributed by atoms with E-state index in [0.29, 0.717) is 13.1 Å². The number of nitrogens with zero attached hydrogens (tertiary/aromatic N) is 2. The SMILES string of the molecule is CN=C(NCc1cccc(OC)c1)NCc1ccn[nH]1.I. The van der Waals surface area contributed by atoms with Crippen LogP contribution in [-0.2, 0) is 13.1 Å². The quantitative estimate of drug-likeness (QED) is 0.407. The third-order valence-corrected chi connectivity index (χ3v) is 2.82. The van der Waals surface area contributed by atoms with Crippen molar-refractivity contribution in [3.8, 4) is 5.75 Å². The summed E-state index contributed by atoms with van der Waals surface area (Å²) in [5, 5.41) is 13.2. The largest absolute Gasteiger partial charge is 0.497 e. The molecule has 1 aromatic heterocycles. The molecule has 1 heterocycles. The van der Waals surface area contributed by atoms with E-state index in [1.807, 2.05) is 30.3 Å². The summed E-state index contributed by atoms with van der Waals surface area (Å²) in [4.78, 5) is 4.17. The first-order valence-corrected chi connectivity index (χ1v) is 6.37. The van der Waals surface area contributed by atoms with Crippen molar-refractivity contribution in [2.75, 3.05) is 14.2 Å². The molecule has 114 valence electrons. The molecule has 0 radical (unpaired) electrons. The maximum atomic E-state index is 5.20. The van der Waals surface area contributed by atoms with Crippen molar-refractivity contribution in [1.82, 2.24) is 20.8 Å². The minimum absolute atomic E-state index is 0. The molecule has 0 aliphatic rings. The summed E-state index contributed by atoms with van der Waals surface area (Å²) in [6.07, 6.45) is 1.73. The number of rotatable bonds is 5. The van der Waals surface area contributed by atoms with Crippen LogP contribution in [-0.4, -0.2) is 30.3 Å². The summed E-state index contributed by atoms with van der Waals surface area (Å²) in [5.41, 5.74) is 2.14. The normalized spacial score (nSPS) is 10.7. The van der Waals surface area contributed by atoms with E-state index in [4.69, 9.17) is 4.74 Å². The van der Waals surface area contributed by atoms with Crippen LogP contribution < -0.4 is 15.4 Å². The molecule has 0 fully saturated rings. The van der Waals surface area contributed by atoms with Gasteiger partial charge in [0.15, 0.2) is 5.96 Å². The molecule has 2 aromatic rings. The summed E-state index contributed by atoms with van der Waals surface area (Å²) < 4.78 is 5.20. The van der Waals surface area contributed by atoms with Gasteiger partial charge < -0.3 is 15.4 Å². The van der Waals surface area contributed by atoms with Crippen molar-refractivity contribution < 1.29 is 4.74 Å². The van der Waals surface area contributed by atoms with Gasteiger partial charge in [-0.05, 0) is 23.8 Å². The number of ether oxygens (including phenoxy) is 1. The summed E-state index contributed by atoms with van der Waals surface area (Å²) in [6.45, 7) is 1.33. The van der Waals surface area contributed by atoms with Gasteiger partial charge in [0.2, 0.25) is 0 Å². The van der Waals surface area contributed by atoms with Gasteiger partial charge in [-0.25, -0.2) is 0 Å². The molecule has 0 bridgehead atoms. The maximum Gasteiger partial charge on any atom is 0.191 e. The Hall–Kier alpha value is -1.77. The van der Waals surface area contributed by atoms with E-state index < -0.39 is 0 Å². The molecule has 3 N–H and O–H groups in total. The zero-order valence-corrected chi connectivity index (χ0v) is 14.4. The topological polar surface area (TPSA) is 74.3 Å². The van der Waals surface area contributed by atoms with Crippen molar-refractivity contribution in [3.05, 3.63) is 47.8 Å². The fourth-order valence-electron chi connectivity index (χ4n) is 1.75. The number of benzene rings is 1. The molecule has 0 saturated heterocycles. The lowest BCUT2D eigenvalue weighted by Gasteiger charge is -2.11. The maximum absolute atomic E-state index is 5.20. The van der Waals surface area contributed by atoms with Crippen LogP contribution in [0.4, 0.5) is 0 Å². The van der Waals surface area contributed by atoms with Gasteiger partial charge in [0, 0.05) is 19.8 Å². The van der Waals surface area contributed by atoms with Crippen LogP contribution in [0.1, 0.15) is 11.3 Å². The fourth-order valence-corrected chi connectivity index (χ4v) is 1.75. The summed E-state index contributed by atoms with van der Waals surface area (Å²) in [5.74, 6) is 1.59. The number of halogens is 1. The zero-order chi connectivity index (χ0) is 14.2. The number of aromatic amines is 1. The smallest absolute Gasteiger partial charge is 0.191 e. The molecule has 0 spiro atoms. The monoisotopic (exact) mass is 401 g/mol. The molecule has 0 amide bonds. The molecule has 0 atom stereocenters. The molecular formula is C14H20IN5O. The van der Waals surface area contributed by atoms with Gasteiger partial charge in [-0.15, -0.1) is 24.0 Å². The molecular weight excluding hydrogens is 381 g/mol. The zero-order valence-electron chi connectivity index (χ0n) is 12.1. The van der Waals surface area contributed by atoms with E-state index >= 15 is 0 Å². The van der Waals surface area contributed by atoms with E-state index in [1.165, 1.54) is 0 Å². The second-order valence-electron chi connectivity index (χ2n) is 4.21. The first-order valence-electron chi connectivity index (χ1n) is 6.37. The van der Waals surface area contributed by atoms with Crippen LogP contribution in [0.15, 0.2) is 41.5 Å². The van der Waals surface area contributed by atoms with Gasteiger partial charge in [-0.2, -0.15) is 5.10 Å². The fraction of sp³-hybridized carbons (Fsp3) is 0.286. The Morgan fingerprint density at radius 2 is 2.10 bits per heavy atom. The average molecular weight is 401 g/mol. The van der Waals surface area contributed by atoms with Gasteiger partial charge in [-0.3, -0.25) is 10.1 Å². The highest BCUT2D eigenvalue weighted by Gasteiger charge is 2.00. The number of hydrogen-bond acceptors (Lipinski definition) is 3. The highest BCUT2D eigenvalue weighted by molar-refractivity contribution is 14.0. The number of aliphatic imine (C=N–C) groups is 1. The van der Waals surface area contributed by atoms with Crippen molar-refractivity contribution in [2.45, 2.75) is 13.1 Å². The van der Waals surface area contributed by atoms with E-state index in [2.05, 4.69) is 25.8 Å². The van der Waals surface area contributed by atoms with Crippen LogP contribution in [0.25, 0.3) is 0 Å². The van der Waals surface area contributed by atoms with Gasteiger partial charge >= 0.3 is 0 Å². The molecule has 21 heavy (non-hydrogen) atoms. The van der Waals surface area contributed by atoms with E-state index in [1.54, 1.807) is 20.4 Å². The second kappa shape index (κ2) is 9.22. The summed E-state index contributed by atoms with van der Waals surface area (Å²) in [7, 11) is 3.41. The van der Waals surface area contributed by atoms with Crippen LogP contribution >= 0.6 is 24.0 Å². The number of nitrogens with one attached hydrogen (secondary N) is 3. The Balaban J connectivity index is 0.00000220. The van der Waals surface area contributed by atoms with E-state index in [-0.39, 0.29) is 24.0 Å². The molecule has 1 aromatic carbocycles. The molecule has 2 rings (SSSR count). The minimum atomic E-state index is 0. The first kappa shape index (κ1) is 17.3. The van der Waals surface area contributed by atoms with Gasteiger partial charge in [0.1, 0.15) is 5.75 Å². The number of hydrogen-bond donors (Lipinski definition) is 3. The lowest BCUT2D eigenvalue weighted by Crippen LogP contribution is -2.36. The number of H-pyrrole nitrogens is 1. The minimum Gasteiger partial charge on any atom is -0.497 e. The molecule has 0 aliphatic heterocycles. The van der Waals surface area contributed by atoms with Gasteiger partial charge in [0.05, 0.1) is 19.3 Å². The molecule has 0 aliphatic carbocycles. The van der Waals surface area contributed by atoms with Crippen molar-refractivity contribution in [2.24, 2.45) is 4.99 Å². The standard InChI is InChI=1S/C14H19N5O.HI/c1-15-14(17-10-12-6-7-18-19-12)16-9-11-4-3-5-13(8-11)20-2;/h3-8H,9-10H2,1-2H3,(H,18,19)(H2,15,16,17);1H. The van der Waals surface area contributed by atoms with Crippen LogP contribution in [0.5, 0.6) is 5.75 Å². The predicted molar refractivity (Wildman–Crippen MR) is 94.0 cm³/mol. The summed E-state index contributed by atoms with van der Waals surface area (Å²) in [6, 6.07) is 9.85. The van der Waals surface area contributed by atoms with E-state index in [0.717, 1.165) is 23.0 Å². The first-order chi connectivity index (χ1) is 9.81. The van der Waals surface area contributed by atoms with Crippen LogP contribution in [0, 0.1) is 0 Å². The lowest BCUT2D eigenvalue weighted by atomic mass is 10.2. The van der Waals surface area contributed by atoms with Gasteiger partial charge in [0.25, 0.3) is 0 Å². The molecule has 0 unspecified atom stereocenters. The van der Waals surface area contributed by atoms with Crippen molar-refractivity contribution in [1.29, 1.82) is 0 Å². The Kier molecular flexibility index (Phi) is 7.59. The molecule has 7 heteroatoms.